The van der Waals surface area contributed by atoms with Gasteiger partial charge in [0, 0.05) is 30.0 Å². The van der Waals surface area contributed by atoms with Gasteiger partial charge in [-0.15, -0.1) is 0 Å². The maximum absolute atomic E-state index is 6.21. The molecule has 4 heteroatoms. The highest BCUT2D eigenvalue weighted by molar-refractivity contribution is 5.51. The zero-order valence-corrected chi connectivity index (χ0v) is 19.4. The molecule has 0 N–H and O–H groups in total. The van der Waals surface area contributed by atoms with E-state index in [2.05, 4.69) is 65.6 Å². The Morgan fingerprint density at radius 3 is 2.36 bits per heavy atom. The van der Waals surface area contributed by atoms with Gasteiger partial charge in [0.05, 0.1) is 13.7 Å². The molecule has 0 aliphatic carbocycles. The smallest absolute Gasteiger partial charge is 0.126 e. The maximum atomic E-state index is 6.21. The van der Waals surface area contributed by atoms with Gasteiger partial charge in [-0.2, -0.15) is 0 Å². The van der Waals surface area contributed by atoms with Gasteiger partial charge in [0.25, 0.3) is 0 Å². The quantitative estimate of drug-likeness (QED) is 0.457. The van der Waals surface area contributed by atoms with Crippen molar-refractivity contribution in [3.8, 4) is 17.2 Å². The summed E-state index contributed by atoms with van der Waals surface area (Å²) >= 11 is 0. The van der Waals surface area contributed by atoms with Crippen LogP contribution in [0.3, 0.4) is 0 Å². The number of fused-ring (bicyclic) bond motifs is 1. The second kappa shape index (κ2) is 10.3. The molecule has 4 nitrogen and oxygen atoms in total. The van der Waals surface area contributed by atoms with Crippen molar-refractivity contribution in [1.82, 2.24) is 4.90 Å². The van der Waals surface area contributed by atoms with E-state index in [0.717, 1.165) is 30.4 Å². The summed E-state index contributed by atoms with van der Waals surface area (Å²) in [7, 11) is 1.69. The molecule has 0 radical (unpaired) electrons. The van der Waals surface area contributed by atoms with Gasteiger partial charge in [0.1, 0.15) is 23.9 Å². The number of nitrogens with zero attached hydrogens (tertiary/aromatic N) is 1. The summed E-state index contributed by atoms with van der Waals surface area (Å²) in [6.45, 7) is 4.80. The molecular weight excluding hydrogens is 410 g/mol. The van der Waals surface area contributed by atoms with Crippen LogP contribution in [0.15, 0.2) is 72.8 Å². The highest BCUT2D eigenvalue weighted by atomic mass is 16.5. The molecule has 1 fully saturated rings. The molecule has 5 rings (SSSR count). The van der Waals surface area contributed by atoms with E-state index < -0.39 is 0 Å². The predicted octanol–water partition coefficient (Wildman–Crippen LogP) is 5.87. The predicted molar refractivity (Wildman–Crippen MR) is 132 cm³/mol. The van der Waals surface area contributed by atoms with Crippen LogP contribution < -0.4 is 14.2 Å². The largest absolute Gasteiger partial charge is 0.497 e. The first kappa shape index (κ1) is 21.8. The van der Waals surface area contributed by atoms with Crippen LogP contribution in [0, 0.1) is 0 Å². The third kappa shape index (κ3) is 5.01. The fourth-order valence-corrected chi connectivity index (χ4v) is 5.16. The molecule has 2 aliphatic heterocycles. The van der Waals surface area contributed by atoms with Crippen molar-refractivity contribution >= 4 is 0 Å². The molecule has 0 saturated carbocycles. The maximum Gasteiger partial charge on any atom is 0.126 e. The minimum absolute atomic E-state index is 0.212. The summed E-state index contributed by atoms with van der Waals surface area (Å²) in [5, 5.41) is 0. The van der Waals surface area contributed by atoms with E-state index in [1.807, 2.05) is 12.1 Å². The Balaban J connectivity index is 1.36. The van der Waals surface area contributed by atoms with E-state index in [4.69, 9.17) is 14.2 Å². The number of rotatable bonds is 7. The average molecular weight is 444 g/mol. The summed E-state index contributed by atoms with van der Waals surface area (Å²) in [6, 6.07) is 25.5. The molecular formula is C29H33NO3. The van der Waals surface area contributed by atoms with E-state index in [1.54, 1.807) is 7.11 Å². The molecule has 3 aromatic rings. The number of methoxy groups -OCH3 is 1. The average Bonchev–Trinajstić information content (AvgIpc) is 2.89. The molecule has 33 heavy (non-hydrogen) atoms. The number of benzene rings is 3. The Kier molecular flexibility index (Phi) is 6.82. The molecule has 3 aromatic carbocycles. The Bertz CT molecular complexity index is 1030. The standard InChI is InChI=1S/C29H33NO3/c1-31-25-14-15-26-28(20-25)33-21-27(22-8-4-2-5-9-22)29(26)23-10-12-24(13-11-23)32-19-18-30-16-6-3-7-17-30/h2,4-5,8-15,20,27,29H,3,6-7,16-19,21H2,1H3/t27-,29-/m1/s1. The highest BCUT2D eigenvalue weighted by Gasteiger charge is 2.33. The Morgan fingerprint density at radius 1 is 0.848 bits per heavy atom. The minimum atomic E-state index is 0.212. The van der Waals surface area contributed by atoms with Crippen LogP contribution in [-0.2, 0) is 0 Å². The van der Waals surface area contributed by atoms with Crippen molar-refractivity contribution in [2.24, 2.45) is 0 Å². The first-order valence-electron chi connectivity index (χ1n) is 12.1. The molecule has 0 unspecified atom stereocenters. The molecule has 0 spiro atoms. The number of ether oxygens (including phenoxy) is 3. The molecule has 0 bridgehead atoms. The summed E-state index contributed by atoms with van der Waals surface area (Å²) in [4.78, 5) is 2.51. The van der Waals surface area contributed by atoms with Crippen molar-refractivity contribution in [3.05, 3.63) is 89.5 Å². The van der Waals surface area contributed by atoms with Gasteiger partial charge in [-0.25, -0.2) is 0 Å². The van der Waals surface area contributed by atoms with Crippen LogP contribution in [0.5, 0.6) is 17.2 Å². The summed E-state index contributed by atoms with van der Waals surface area (Å²) in [5.41, 5.74) is 3.78. The summed E-state index contributed by atoms with van der Waals surface area (Å²) < 4.78 is 17.7. The zero-order valence-electron chi connectivity index (χ0n) is 19.4. The van der Waals surface area contributed by atoms with E-state index >= 15 is 0 Å². The van der Waals surface area contributed by atoms with Gasteiger partial charge < -0.3 is 14.2 Å². The van der Waals surface area contributed by atoms with E-state index in [9.17, 15) is 0 Å². The topological polar surface area (TPSA) is 30.9 Å². The molecule has 0 amide bonds. The number of hydrogen-bond donors (Lipinski definition) is 0. The first-order chi connectivity index (χ1) is 16.3. The van der Waals surface area contributed by atoms with Crippen molar-refractivity contribution in [2.75, 3.05) is 40.0 Å². The van der Waals surface area contributed by atoms with Crippen molar-refractivity contribution in [1.29, 1.82) is 0 Å². The van der Waals surface area contributed by atoms with E-state index in [-0.39, 0.29) is 11.8 Å². The van der Waals surface area contributed by atoms with Crippen molar-refractivity contribution in [2.45, 2.75) is 31.1 Å². The van der Waals surface area contributed by atoms with Gasteiger partial charge in [-0.1, -0.05) is 55.0 Å². The summed E-state index contributed by atoms with van der Waals surface area (Å²) in [6.07, 6.45) is 4.00. The van der Waals surface area contributed by atoms with Crippen LogP contribution >= 0.6 is 0 Å². The van der Waals surface area contributed by atoms with Crippen LogP contribution in [0.25, 0.3) is 0 Å². The van der Waals surface area contributed by atoms with Crippen LogP contribution in [0.4, 0.5) is 0 Å². The van der Waals surface area contributed by atoms with Crippen LogP contribution in [-0.4, -0.2) is 44.9 Å². The lowest BCUT2D eigenvalue weighted by atomic mass is 9.76. The van der Waals surface area contributed by atoms with E-state index in [0.29, 0.717) is 6.61 Å². The van der Waals surface area contributed by atoms with Gasteiger partial charge >= 0.3 is 0 Å². The van der Waals surface area contributed by atoms with Gasteiger partial charge in [0.15, 0.2) is 0 Å². The third-order valence-corrected chi connectivity index (χ3v) is 6.97. The highest BCUT2D eigenvalue weighted by Crippen LogP contribution is 2.47. The molecule has 2 heterocycles. The van der Waals surface area contributed by atoms with Crippen molar-refractivity contribution in [3.63, 3.8) is 0 Å². The molecule has 2 atom stereocenters. The van der Waals surface area contributed by atoms with Crippen LogP contribution in [0.2, 0.25) is 0 Å². The van der Waals surface area contributed by atoms with Gasteiger partial charge in [0.2, 0.25) is 0 Å². The number of hydrogen-bond acceptors (Lipinski definition) is 4. The number of piperidine rings is 1. The monoisotopic (exact) mass is 443 g/mol. The molecule has 1 saturated heterocycles. The lowest BCUT2D eigenvalue weighted by Gasteiger charge is -2.34. The molecule has 0 aromatic heterocycles. The summed E-state index contributed by atoms with van der Waals surface area (Å²) in [5.74, 6) is 3.13. The normalized spacial score (nSPS) is 20.5. The minimum Gasteiger partial charge on any atom is -0.497 e. The second-order valence-corrected chi connectivity index (χ2v) is 9.03. The first-order valence-corrected chi connectivity index (χ1v) is 12.1. The van der Waals surface area contributed by atoms with E-state index in [1.165, 1.54) is 49.0 Å². The number of likely N-dealkylation sites (tertiary alicyclic amines) is 1. The van der Waals surface area contributed by atoms with Gasteiger partial charge in [-0.3, -0.25) is 4.90 Å². The van der Waals surface area contributed by atoms with Crippen molar-refractivity contribution < 1.29 is 14.2 Å². The zero-order chi connectivity index (χ0) is 22.5. The fourth-order valence-electron chi connectivity index (χ4n) is 5.16. The van der Waals surface area contributed by atoms with Gasteiger partial charge in [-0.05, 0) is 55.3 Å². The third-order valence-electron chi connectivity index (χ3n) is 6.97. The Labute approximate surface area is 197 Å². The SMILES string of the molecule is COc1ccc2c(c1)OC[C@H](c1ccccc1)[C@@H]2c1ccc(OCCN2CCCCC2)cc1. The molecule has 2 aliphatic rings. The lowest BCUT2D eigenvalue weighted by Crippen LogP contribution is -2.33. The Hall–Kier alpha value is -2.98. The lowest BCUT2D eigenvalue weighted by molar-refractivity contribution is 0.183. The Morgan fingerprint density at radius 2 is 1.61 bits per heavy atom. The van der Waals surface area contributed by atoms with Crippen LogP contribution in [0.1, 0.15) is 47.8 Å². The second-order valence-electron chi connectivity index (χ2n) is 9.03. The molecule has 172 valence electrons. The fraction of sp³-hybridized carbons (Fsp3) is 0.379.